The maximum atomic E-state index is 12.5. The Morgan fingerprint density at radius 2 is 1.75 bits per heavy atom. The van der Waals surface area contributed by atoms with E-state index in [0.717, 1.165) is 16.7 Å². The van der Waals surface area contributed by atoms with Crippen LogP contribution >= 0.6 is 23.4 Å². The molecule has 120 valence electrons. The van der Waals surface area contributed by atoms with E-state index >= 15 is 0 Å². The summed E-state index contributed by atoms with van der Waals surface area (Å²) < 4.78 is 0. The summed E-state index contributed by atoms with van der Waals surface area (Å²) in [5.41, 5.74) is 0.846. The van der Waals surface area contributed by atoms with E-state index in [1.165, 1.54) is 12.1 Å². The summed E-state index contributed by atoms with van der Waals surface area (Å²) in [5.74, 6) is -1.59. The van der Waals surface area contributed by atoms with E-state index in [2.05, 4.69) is 0 Å². The summed E-state index contributed by atoms with van der Waals surface area (Å²) in [6, 6.07) is 12.6. The molecule has 1 aliphatic rings. The lowest BCUT2D eigenvalue weighted by Gasteiger charge is -2.12. The molecule has 5 nitrogen and oxygen atoms in total. The van der Waals surface area contributed by atoms with Crippen molar-refractivity contribution in [1.29, 1.82) is 0 Å². The smallest absolute Gasteiger partial charge is 0.336 e. The number of aromatic carboxylic acids is 1. The molecule has 2 amide bonds. The lowest BCUT2D eigenvalue weighted by molar-refractivity contribution is -0.113. The topological polar surface area (TPSA) is 74.7 Å². The van der Waals surface area contributed by atoms with E-state index in [-0.39, 0.29) is 10.5 Å². The van der Waals surface area contributed by atoms with Crippen molar-refractivity contribution in [2.45, 2.75) is 0 Å². The molecule has 0 atom stereocenters. The number of thioether (sulfide) groups is 1. The number of imide groups is 1. The van der Waals surface area contributed by atoms with Crippen LogP contribution in [-0.4, -0.2) is 22.2 Å². The molecule has 2 aromatic carbocycles. The van der Waals surface area contributed by atoms with Gasteiger partial charge in [-0.15, -0.1) is 0 Å². The van der Waals surface area contributed by atoms with Gasteiger partial charge in [0.15, 0.2) is 0 Å². The first kappa shape index (κ1) is 16.3. The first-order valence-electron chi connectivity index (χ1n) is 6.83. The number of benzene rings is 2. The molecular formula is C17H10ClNO4S. The van der Waals surface area contributed by atoms with Crippen molar-refractivity contribution < 1.29 is 19.5 Å². The Morgan fingerprint density at radius 1 is 1.08 bits per heavy atom. The molecule has 7 heteroatoms. The molecule has 0 aliphatic carbocycles. The number of hydrogen-bond acceptors (Lipinski definition) is 4. The second kappa shape index (κ2) is 6.51. The summed E-state index contributed by atoms with van der Waals surface area (Å²) in [4.78, 5) is 37.1. The van der Waals surface area contributed by atoms with Crippen LogP contribution in [0.15, 0.2) is 53.4 Å². The minimum atomic E-state index is -1.10. The number of carboxylic acid groups (broad SMARTS) is 1. The van der Waals surface area contributed by atoms with Crippen molar-refractivity contribution in [3.05, 3.63) is 69.6 Å². The van der Waals surface area contributed by atoms with Crippen LogP contribution in [0.4, 0.5) is 10.5 Å². The van der Waals surface area contributed by atoms with E-state index in [1.54, 1.807) is 42.5 Å². The highest BCUT2D eigenvalue weighted by atomic mass is 35.5. The maximum absolute atomic E-state index is 12.5. The van der Waals surface area contributed by atoms with Crippen LogP contribution in [0.25, 0.3) is 6.08 Å². The van der Waals surface area contributed by atoms with Gasteiger partial charge in [0.2, 0.25) is 0 Å². The number of carboxylic acids is 1. The van der Waals surface area contributed by atoms with Crippen LogP contribution in [0.1, 0.15) is 15.9 Å². The molecule has 0 aromatic heterocycles. The molecule has 1 heterocycles. The monoisotopic (exact) mass is 359 g/mol. The Balaban J connectivity index is 1.97. The van der Waals surface area contributed by atoms with Crippen molar-refractivity contribution in [2.24, 2.45) is 0 Å². The molecule has 1 N–H and O–H groups in total. The Kier molecular flexibility index (Phi) is 4.42. The van der Waals surface area contributed by atoms with E-state index in [0.29, 0.717) is 16.3 Å². The molecule has 1 aliphatic heterocycles. The van der Waals surface area contributed by atoms with Crippen molar-refractivity contribution in [3.8, 4) is 0 Å². The van der Waals surface area contributed by atoms with Gasteiger partial charge in [-0.05, 0) is 53.7 Å². The highest BCUT2D eigenvalue weighted by Crippen LogP contribution is 2.36. The Morgan fingerprint density at radius 3 is 2.42 bits per heavy atom. The molecule has 0 spiro atoms. The zero-order chi connectivity index (χ0) is 17.3. The molecule has 3 rings (SSSR count). The van der Waals surface area contributed by atoms with Crippen LogP contribution in [0.2, 0.25) is 5.02 Å². The molecule has 1 saturated heterocycles. The number of halogens is 1. The molecule has 0 radical (unpaired) electrons. The molecule has 0 saturated carbocycles. The second-order valence-corrected chi connectivity index (χ2v) is 6.32. The Bertz CT molecular complexity index is 876. The van der Waals surface area contributed by atoms with Gasteiger partial charge < -0.3 is 5.11 Å². The number of carbonyl (C=O) groups is 3. The zero-order valence-electron chi connectivity index (χ0n) is 12.1. The van der Waals surface area contributed by atoms with Gasteiger partial charge in [-0.3, -0.25) is 9.59 Å². The lowest BCUT2D eigenvalue weighted by atomic mass is 10.1. The van der Waals surface area contributed by atoms with Crippen molar-refractivity contribution in [1.82, 2.24) is 0 Å². The quantitative estimate of drug-likeness (QED) is 0.828. The van der Waals surface area contributed by atoms with Gasteiger partial charge in [-0.2, -0.15) is 0 Å². The summed E-state index contributed by atoms with van der Waals surface area (Å²) >= 11 is 6.58. The number of hydrogen-bond donors (Lipinski definition) is 1. The fourth-order valence-corrected chi connectivity index (χ4v) is 3.20. The van der Waals surface area contributed by atoms with E-state index < -0.39 is 17.1 Å². The lowest BCUT2D eigenvalue weighted by Crippen LogP contribution is -2.27. The van der Waals surface area contributed by atoms with Gasteiger partial charge in [0, 0.05) is 5.02 Å². The normalized spacial score (nSPS) is 16.0. The van der Waals surface area contributed by atoms with E-state index in [9.17, 15) is 19.5 Å². The van der Waals surface area contributed by atoms with Gasteiger partial charge in [0.1, 0.15) is 0 Å². The third-order valence-corrected chi connectivity index (χ3v) is 4.48. The Hall–Kier alpha value is -2.57. The predicted octanol–water partition coefficient (Wildman–Crippen LogP) is 4.28. The van der Waals surface area contributed by atoms with Crippen LogP contribution < -0.4 is 4.90 Å². The number of nitrogens with zero attached hydrogens (tertiary/aromatic N) is 1. The van der Waals surface area contributed by atoms with Gasteiger partial charge in [-0.25, -0.2) is 9.69 Å². The van der Waals surface area contributed by atoms with Gasteiger partial charge in [-0.1, -0.05) is 29.8 Å². The minimum Gasteiger partial charge on any atom is -0.478 e. The SMILES string of the molecule is O=C(O)c1ccccc1/C=C1/SC(=O)N(c2ccc(Cl)cc2)C1=O. The highest BCUT2D eigenvalue weighted by molar-refractivity contribution is 8.19. The number of anilines is 1. The van der Waals surface area contributed by atoms with Crippen molar-refractivity contribution >= 4 is 52.2 Å². The van der Waals surface area contributed by atoms with Gasteiger partial charge in [0.25, 0.3) is 11.1 Å². The molecule has 1 fully saturated rings. The fourth-order valence-electron chi connectivity index (χ4n) is 2.24. The largest absolute Gasteiger partial charge is 0.478 e. The molecule has 0 unspecified atom stereocenters. The first-order valence-corrected chi connectivity index (χ1v) is 8.02. The number of rotatable bonds is 3. The predicted molar refractivity (Wildman–Crippen MR) is 93.3 cm³/mol. The molecule has 24 heavy (non-hydrogen) atoms. The molecule has 0 bridgehead atoms. The summed E-state index contributed by atoms with van der Waals surface area (Å²) in [5, 5.41) is 9.26. The van der Waals surface area contributed by atoms with Crippen LogP contribution in [0.5, 0.6) is 0 Å². The fraction of sp³-hybridized carbons (Fsp3) is 0. The second-order valence-electron chi connectivity index (χ2n) is 4.89. The van der Waals surface area contributed by atoms with Gasteiger partial charge >= 0.3 is 5.97 Å². The van der Waals surface area contributed by atoms with Crippen LogP contribution in [0, 0.1) is 0 Å². The highest BCUT2D eigenvalue weighted by Gasteiger charge is 2.36. The summed E-state index contributed by atoms with van der Waals surface area (Å²) in [7, 11) is 0. The summed E-state index contributed by atoms with van der Waals surface area (Å²) in [6.07, 6.45) is 1.42. The average Bonchev–Trinajstić information content (AvgIpc) is 2.83. The molecular weight excluding hydrogens is 350 g/mol. The zero-order valence-corrected chi connectivity index (χ0v) is 13.7. The number of amides is 2. The van der Waals surface area contributed by atoms with E-state index in [1.807, 2.05) is 0 Å². The molecule has 2 aromatic rings. The summed E-state index contributed by atoms with van der Waals surface area (Å²) in [6.45, 7) is 0. The van der Waals surface area contributed by atoms with Crippen LogP contribution in [0.3, 0.4) is 0 Å². The Labute approximate surface area is 146 Å². The van der Waals surface area contributed by atoms with Crippen LogP contribution in [-0.2, 0) is 4.79 Å². The average molecular weight is 360 g/mol. The van der Waals surface area contributed by atoms with Crippen molar-refractivity contribution in [3.63, 3.8) is 0 Å². The first-order chi connectivity index (χ1) is 11.5. The third-order valence-electron chi connectivity index (χ3n) is 3.36. The van der Waals surface area contributed by atoms with E-state index in [4.69, 9.17) is 11.6 Å². The third kappa shape index (κ3) is 3.06. The maximum Gasteiger partial charge on any atom is 0.336 e. The van der Waals surface area contributed by atoms with Gasteiger partial charge in [0.05, 0.1) is 16.2 Å². The standard InChI is InChI=1S/C17H10ClNO4S/c18-11-5-7-12(8-6-11)19-15(20)14(24-17(19)23)9-10-3-1-2-4-13(10)16(21)22/h1-9H,(H,21,22)/b14-9+. The van der Waals surface area contributed by atoms with Crippen molar-refractivity contribution in [2.75, 3.05) is 4.90 Å². The minimum absolute atomic E-state index is 0.0655. The number of carbonyl (C=O) groups excluding carboxylic acids is 2.